The number of carbonyl (C=O) groups is 2. The van der Waals surface area contributed by atoms with E-state index in [1.54, 1.807) is 38.3 Å². The van der Waals surface area contributed by atoms with E-state index in [2.05, 4.69) is 5.32 Å². The molecule has 0 heterocycles. The highest BCUT2D eigenvalue weighted by Crippen LogP contribution is 2.34. The maximum Gasteiger partial charge on any atom is 0.418 e. The van der Waals surface area contributed by atoms with Gasteiger partial charge in [-0.2, -0.15) is 13.2 Å². The summed E-state index contributed by atoms with van der Waals surface area (Å²) in [5, 5.41) is 2.24. The number of rotatable bonds is 7. The molecule has 0 aliphatic rings. The first kappa shape index (κ1) is 21.4. The fourth-order valence-electron chi connectivity index (χ4n) is 2.62. The van der Waals surface area contributed by atoms with E-state index in [0.29, 0.717) is 12.2 Å². The molecule has 1 N–H and O–H groups in total. The van der Waals surface area contributed by atoms with Crippen LogP contribution in [0.4, 0.5) is 18.9 Å². The van der Waals surface area contributed by atoms with Crippen LogP contribution in [-0.2, 0) is 22.3 Å². The van der Waals surface area contributed by atoms with Gasteiger partial charge in [0.05, 0.1) is 17.9 Å². The molecule has 2 amide bonds. The molecule has 0 saturated heterocycles. The van der Waals surface area contributed by atoms with Crippen LogP contribution in [0.1, 0.15) is 28.4 Å². The summed E-state index contributed by atoms with van der Waals surface area (Å²) in [7, 11) is 1.56. The van der Waals surface area contributed by atoms with Gasteiger partial charge in [-0.05, 0) is 36.8 Å². The number of halogens is 3. The zero-order valence-electron chi connectivity index (χ0n) is 15.5. The number of hydrogen-bond acceptors (Lipinski definition) is 3. The smallest absolute Gasteiger partial charge is 0.380 e. The second kappa shape index (κ2) is 9.36. The fraction of sp³-hybridized carbons (Fsp3) is 0.300. The van der Waals surface area contributed by atoms with Crippen LogP contribution in [0.25, 0.3) is 0 Å². The van der Waals surface area contributed by atoms with E-state index < -0.39 is 17.6 Å². The van der Waals surface area contributed by atoms with Gasteiger partial charge in [-0.25, -0.2) is 0 Å². The molecule has 0 aromatic heterocycles. The van der Waals surface area contributed by atoms with Gasteiger partial charge in [-0.15, -0.1) is 0 Å². The highest BCUT2D eigenvalue weighted by molar-refractivity contribution is 5.99. The maximum absolute atomic E-state index is 13.0. The van der Waals surface area contributed by atoms with Crippen LogP contribution >= 0.6 is 0 Å². The average molecular weight is 394 g/mol. The molecular weight excluding hydrogens is 373 g/mol. The lowest BCUT2D eigenvalue weighted by Crippen LogP contribution is -2.38. The lowest BCUT2D eigenvalue weighted by Gasteiger charge is -2.21. The molecule has 0 saturated carbocycles. The minimum absolute atomic E-state index is 0.229. The Bertz CT molecular complexity index is 820. The normalized spacial score (nSPS) is 11.2. The van der Waals surface area contributed by atoms with Crippen molar-refractivity contribution in [2.24, 2.45) is 0 Å². The summed E-state index contributed by atoms with van der Waals surface area (Å²) in [5.41, 5.74) is -0.00679. The third-order valence-electron chi connectivity index (χ3n) is 4.02. The number of anilines is 1. The highest BCUT2D eigenvalue weighted by Gasteiger charge is 2.33. The number of nitrogens with zero attached hydrogens (tertiary/aromatic N) is 1. The minimum atomic E-state index is -4.59. The molecule has 0 aliphatic carbocycles. The second-order valence-electron chi connectivity index (χ2n) is 6.04. The van der Waals surface area contributed by atoms with E-state index in [9.17, 15) is 22.8 Å². The van der Waals surface area contributed by atoms with E-state index in [4.69, 9.17) is 4.74 Å². The van der Waals surface area contributed by atoms with Crippen LogP contribution in [0, 0.1) is 0 Å². The van der Waals surface area contributed by atoms with E-state index in [1.807, 2.05) is 0 Å². The quantitative estimate of drug-likeness (QED) is 0.774. The molecular formula is C20H21F3N2O3. The Hall–Kier alpha value is -2.87. The molecule has 8 heteroatoms. The number of carbonyl (C=O) groups excluding carboxylic acids is 2. The van der Waals surface area contributed by atoms with Crippen molar-refractivity contribution in [3.63, 3.8) is 0 Å². The lowest BCUT2D eigenvalue weighted by molar-refractivity contribution is -0.137. The lowest BCUT2D eigenvalue weighted by atomic mass is 10.1. The largest absolute Gasteiger partial charge is 0.418 e. The Balaban J connectivity index is 2.08. The summed E-state index contributed by atoms with van der Waals surface area (Å²) in [6.07, 6.45) is -4.59. The van der Waals surface area contributed by atoms with Gasteiger partial charge in [0, 0.05) is 19.2 Å². The van der Waals surface area contributed by atoms with Gasteiger partial charge < -0.3 is 15.0 Å². The van der Waals surface area contributed by atoms with Gasteiger partial charge >= 0.3 is 6.18 Å². The molecule has 2 rings (SSSR count). The van der Waals surface area contributed by atoms with Crippen molar-refractivity contribution >= 4 is 17.5 Å². The van der Waals surface area contributed by atoms with Crippen molar-refractivity contribution in [2.45, 2.75) is 19.7 Å². The SMILES string of the molecule is CCN(CC(=O)Nc1ccccc1C(F)(F)F)C(=O)c1ccc(COC)cc1. The van der Waals surface area contributed by atoms with E-state index in [0.717, 1.165) is 11.6 Å². The van der Waals surface area contributed by atoms with Crippen LogP contribution in [0.15, 0.2) is 48.5 Å². The van der Waals surface area contributed by atoms with Crippen LogP contribution in [0.3, 0.4) is 0 Å². The average Bonchev–Trinajstić information content (AvgIpc) is 2.66. The van der Waals surface area contributed by atoms with Gasteiger partial charge in [-0.1, -0.05) is 24.3 Å². The Labute approximate surface area is 161 Å². The maximum atomic E-state index is 13.0. The van der Waals surface area contributed by atoms with Crippen LogP contribution < -0.4 is 5.32 Å². The highest BCUT2D eigenvalue weighted by atomic mass is 19.4. The zero-order valence-corrected chi connectivity index (χ0v) is 15.5. The van der Waals surface area contributed by atoms with Crippen molar-refractivity contribution in [1.82, 2.24) is 4.90 Å². The monoisotopic (exact) mass is 394 g/mol. The molecule has 2 aromatic rings. The molecule has 0 atom stereocenters. The summed E-state index contributed by atoms with van der Waals surface area (Å²) in [6, 6.07) is 11.4. The molecule has 0 bridgehead atoms. The minimum Gasteiger partial charge on any atom is -0.380 e. The predicted molar refractivity (Wildman–Crippen MR) is 98.8 cm³/mol. The number of alkyl halides is 3. The summed E-state index contributed by atoms with van der Waals surface area (Å²) in [5.74, 6) is -1.09. The van der Waals surface area contributed by atoms with Crippen molar-refractivity contribution in [3.05, 3.63) is 65.2 Å². The Kier molecular flexibility index (Phi) is 7.17. The third kappa shape index (κ3) is 5.56. The summed E-state index contributed by atoms with van der Waals surface area (Å²) in [6.45, 7) is 1.97. The Morgan fingerprint density at radius 3 is 2.29 bits per heavy atom. The number of hydrogen-bond donors (Lipinski definition) is 1. The topological polar surface area (TPSA) is 58.6 Å². The molecule has 0 radical (unpaired) electrons. The van der Waals surface area contributed by atoms with Crippen LogP contribution in [-0.4, -0.2) is 36.9 Å². The van der Waals surface area contributed by atoms with Crippen molar-refractivity contribution < 1.29 is 27.5 Å². The van der Waals surface area contributed by atoms with Gasteiger partial charge in [0.15, 0.2) is 0 Å². The molecule has 0 aliphatic heterocycles. The van der Waals surface area contributed by atoms with Crippen LogP contribution in [0.2, 0.25) is 0 Å². The van der Waals surface area contributed by atoms with Gasteiger partial charge in [0.1, 0.15) is 6.54 Å². The number of nitrogens with one attached hydrogen (secondary N) is 1. The van der Waals surface area contributed by atoms with E-state index in [1.165, 1.54) is 23.1 Å². The first-order valence-electron chi connectivity index (χ1n) is 8.59. The molecule has 0 spiro atoms. The first-order chi connectivity index (χ1) is 13.3. The molecule has 5 nitrogen and oxygen atoms in total. The number of amides is 2. The van der Waals surface area contributed by atoms with E-state index >= 15 is 0 Å². The predicted octanol–water partition coefficient (Wildman–Crippen LogP) is 3.95. The Morgan fingerprint density at radius 2 is 1.71 bits per heavy atom. The number of benzene rings is 2. The third-order valence-corrected chi connectivity index (χ3v) is 4.02. The van der Waals surface area contributed by atoms with Gasteiger partial charge in [-0.3, -0.25) is 9.59 Å². The molecule has 0 unspecified atom stereocenters. The first-order valence-corrected chi connectivity index (χ1v) is 8.59. The van der Waals surface area contributed by atoms with Crippen molar-refractivity contribution in [2.75, 3.05) is 25.5 Å². The van der Waals surface area contributed by atoms with Crippen molar-refractivity contribution in [3.8, 4) is 0 Å². The van der Waals surface area contributed by atoms with E-state index in [-0.39, 0.29) is 24.7 Å². The van der Waals surface area contributed by atoms with Gasteiger partial charge in [0.2, 0.25) is 5.91 Å². The zero-order chi connectivity index (χ0) is 20.7. The fourth-order valence-corrected chi connectivity index (χ4v) is 2.62. The molecule has 2 aromatic carbocycles. The summed E-state index contributed by atoms with van der Waals surface area (Å²) >= 11 is 0. The number of methoxy groups -OCH3 is 1. The van der Waals surface area contributed by atoms with Crippen LogP contribution in [0.5, 0.6) is 0 Å². The van der Waals surface area contributed by atoms with Crippen molar-refractivity contribution in [1.29, 1.82) is 0 Å². The Morgan fingerprint density at radius 1 is 1.07 bits per heavy atom. The van der Waals surface area contributed by atoms with Gasteiger partial charge in [0.25, 0.3) is 5.91 Å². The summed E-state index contributed by atoms with van der Waals surface area (Å²) in [4.78, 5) is 26.1. The number of ether oxygens (including phenoxy) is 1. The second-order valence-corrected chi connectivity index (χ2v) is 6.04. The summed E-state index contributed by atoms with van der Waals surface area (Å²) < 4.78 is 44.1. The number of likely N-dealkylation sites (N-methyl/N-ethyl adjacent to an activating group) is 1. The molecule has 28 heavy (non-hydrogen) atoms. The standard InChI is InChI=1S/C20H21F3N2O3/c1-3-25(19(27)15-10-8-14(9-11-15)13-28-2)12-18(26)24-17-7-5-4-6-16(17)20(21,22)23/h4-11H,3,12-13H2,1-2H3,(H,24,26). The number of para-hydroxylation sites is 1. The molecule has 0 fully saturated rings. The molecule has 150 valence electrons.